The van der Waals surface area contributed by atoms with Crippen LogP contribution in [-0.2, 0) is 14.3 Å². The van der Waals surface area contributed by atoms with Crippen LogP contribution in [0.25, 0.3) is 0 Å². The Bertz CT molecular complexity index is 134. The second kappa shape index (κ2) is 2.98. The molecule has 1 N–H and O–H groups in total. The van der Waals surface area contributed by atoms with E-state index in [1.165, 1.54) is 7.11 Å². The maximum absolute atomic E-state index is 10.7. The van der Waals surface area contributed by atoms with Crippen molar-refractivity contribution < 1.29 is 19.4 Å². The summed E-state index contributed by atoms with van der Waals surface area (Å²) in [5.41, 5.74) is 0. The van der Waals surface area contributed by atoms with Crippen LogP contribution in [0.5, 0.6) is 0 Å². The number of esters is 1. The first-order valence-electron chi connectivity index (χ1n) is 3.11. The Labute approximate surface area is 58.7 Å². The van der Waals surface area contributed by atoms with Gasteiger partial charge in [-0.2, -0.15) is 0 Å². The third-order valence-electron chi connectivity index (χ3n) is 1.44. The van der Waals surface area contributed by atoms with Gasteiger partial charge in [-0.15, -0.1) is 0 Å². The Kier molecular flexibility index (Phi) is 2.24. The number of rotatable bonds is 1. The lowest BCUT2D eigenvalue weighted by molar-refractivity contribution is -0.151. The van der Waals surface area contributed by atoms with Gasteiger partial charge in [0.2, 0.25) is 0 Å². The summed E-state index contributed by atoms with van der Waals surface area (Å²) in [5.74, 6) is -0.406. The molecule has 0 spiro atoms. The highest BCUT2D eigenvalue weighted by atomic mass is 16.6. The normalized spacial score (nSPS) is 32.2. The highest BCUT2D eigenvalue weighted by molar-refractivity contribution is 5.74. The maximum Gasteiger partial charge on any atom is 0.335 e. The Morgan fingerprint density at radius 1 is 1.80 bits per heavy atom. The molecule has 1 heterocycles. The molecular formula is C6H10O4. The summed E-state index contributed by atoms with van der Waals surface area (Å²) in [7, 11) is 1.30. The lowest BCUT2D eigenvalue weighted by atomic mass is 10.2. The summed E-state index contributed by atoms with van der Waals surface area (Å²) >= 11 is 0. The third kappa shape index (κ3) is 1.46. The van der Waals surface area contributed by atoms with Crippen molar-refractivity contribution >= 4 is 5.97 Å². The fourth-order valence-electron chi connectivity index (χ4n) is 0.906. The van der Waals surface area contributed by atoms with E-state index in [-0.39, 0.29) is 6.61 Å². The molecule has 0 aromatic rings. The zero-order valence-corrected chi connectivity index (χ0v) is 5.74. The molecule has 58 valence electrons. The topological polar surface area (TPSA) is 55.8 Å². The van der Waals surface area contributed by atoms with Gasteiger partial charge in [-0.05, 0) is 0 Å². The molecule has 0 unspecified atom stereocenters. The fourth-order valence-corrected chi connectivity index (χ4v) is 0.906. The van der Waals surface area contributed by atoms with Gasteiger partial charge in [0.15, 0.2) is 6.10 Å². The average Bonchev–Trinajstić information content (AvgIpc) is 2.34. The van der Waals surface area contributed by atoms with Crippen molar-refractivity contribution in [1.82, 2.24) is 0 Å². The van der Waals surface area contributed by atoms with Crippen LogP contribution in [0.15, 0.2) is 0 Å². The molecular weight excluding hydrogens is 136 g/mol. The Morgan fingerprint density at radius 3 is 2.90 bits per heavy atom. The van der Waals surface area contributed by atoms with E-state index in [1.54, 1.807) is 0 Å². The zero-order chi connectivity index (χ0) is 7.56. The molecule has 0 aromatic heterocycles. The van der Waals surface area contributed by atoms with Gasteiger partial charge in [0.25, 0.3) is 0 Å². The third-order valence-corrected chi connectivity index (χ3v) is 1.44. The van der Waals surface area contributed by atoms with E-state index in [0.717, 1.165) is 0 Å². The van der Waals surface area contributed by atoms with Crippen LogP contribution in [0.4, 0.5) is 0 Å². The van der Waals surface area contributed by atoms with Crippen molar-refractivity contribution in [2.45, 2.75) is 18.6 Å². The molecule has 2 atom stereocenters. The van der Waals surface area contributed by atoms with Crippen molar-refractivity contribution in [3.63, 3.8) is 0 Å². The van der Waals surface area contributed by atoms with E-state index in [9.17, 15) is 4.79 Å². The average molecular weight is 146 g/mol. The van der Waals surface area contributed by atoms with E-state index >= 15 is 0 Å². The first-order valence-corrected chi connectivity index (χ1v) is 3.11. The smallest absolute Gasteiger partial charge is 0.335 e. The molecule has 10 heavy (non-hydrogen) atoms. The molecule has 4 heteroatoms. The first kappa shape index (κ1) is 7.50. The molecule has 4 nitrogen and oxygen atoms in total. The predicted molar refractivity (Wildman–Crippen MR) is 32.4 cm³/mol. The number of methoxy groups -OCH3 is 1. The minimum Gasteiger partial charge on any atom is -0.467 e. The highest BCUT2D eigenvalue weighted by Gasteiger charge is 2.30. The number of hydrogen-bond donors (Lipinski definition) is 1. The van der Waals surface area contributed by atoms with E-state index in [4.69, 9.17) is 9.84 Å². The fraction of sp³-hybridized carbons (Fsp3) is 0.833. The van der Waals surface area contributed by atoms with Crippen molar-refractivity contribution in [3.05, 3.63) is 0 Å². The van der Waals surface area contributed by atoms with Crippen molar-refractivity contribution in [2.75, 3.05) is 13.7 Å². The number of carbonyl (C=O) groups is 1. The summed E-state index contributed by atoms with van der Waals surface area (Å²) in [6.07, 6.45) is -0.712. The van der Waals surface area contributed by atoms with Gasteiger partial charge in [0, 0.05) is 6.42 Å². The molecule has 0 saturated carbocycles. The predicted octanol–water partition coefficient (Wildman–Crippen LogP) is -0.691. The van der Waals surface area contributed by atoms with Crippen LogP contribution in [0, 0.1) is 0 Å². The van der Waals surface area contributed by atoms with Crippen LogP contribution >= 0.6 is 0 Å². The molecule has 0 aliphatic carbocycles. The molecule has 1 aliphatic heterocycles. The van der Waals surface area contributed by atoms with Gasteiger partial charge >= 0.3 is 5.97 Å². The summed E-state index contributed by atoms with van der Waals surface area (Å²) < 4.78 is 9.30. The SMILES string of the molecule is COC(=O)[C@@H]1C[C@@H](O)CO1. The van der Waals surface area contributed by atoms with Crippen LogP contribution in [0.1, 0.15) is 6.42 Å². The molecule has 0 bridgehead atoms. The molecule has 1 fully saturated rings. The molecule has 0 aromatic carbocycles. The second-order valence-electron chi connectivity index (χ2n) is 2.23. The number of hydrogen-bond acceptors (Lipinski definition) is 4. The number of aliphatic hydroxyl groups is 1. The molecule has 1 rings (SSSR count). The van der Waals surface area contributed by atoms with Gasteiger partial charge in [0.1, 0.15) is 0 Å². The van der Waals surface area contributed by atoms with Crippen LogP contribution in [0.3, 0.4) is 0 Å². The summed E-state index contributed by atoms with van der Waals surface area (Å²) in [4.78, 5) is 10.7. The van der Waals surface area contributed by atoms with Crippen molar-refractivity contribution in [2.24, 2.45) is 0 Å². The van der Waals surface area contributed by atoms with Crippen LogP contribution in [-0.4, -0.2) is 37.0 Å². The van der Waals surface area contributed by atoms with Gasteiger partial charge < -0.3 is 14.6 Å². The van der Waals surface area contributed by atoms with E-state index < -0.39 is 18.2 Å². The van der Waals surface area contributed by atoms with Gasteiger partial charge in [-0.3, -0.25) is 0 Å². The minimum atomic E-state index is -0.556. The number of ether oxygens (including phenoxy) is 2. The number of carbonyl (C=O) groups excluding carboxylic acids is 1. The van der Waals surface area contributed by atoms with E-state index in [0.29, 0.717) is 6.42 Å². The number of aliphatic hydroxyl groups excluding tert-OH is 1. The van der Waals surface area contributed by atoms with Crippen LogP contribution in [0.2, 0.25) is 0 Å². The standard InChI is InChI=1S/C6H10O4/c1-9-6(8)5-2-4(7)3-10-5/h4-5,7H,2-3H2,1H3/t4-,5+/m1/s1. The summed E-state index contributed by atoms with van der Waals surface area (Å²) in [5, 5.41) is 8.91. The van der Waals surface area contributed by atoms with Gasteiger partial charge in [-0.1, -0.05) is 0 Å². The Hall–Kier alpha value is -0.610. The zero-order valence-electron chi connectivity index (χ0n) is 5.74. The lowest BCUT2D eigenvalue weighted by Crippen LogP contribution is -2.21. The highest BCUT2D eigenvalue weighted by Crippen LogP contribution is 2.13. The van der Waals surface area contributed by atoms with E-state index in [1.807, 2.05) is 0 Å². The molecule has 0 amide bonds. The van der Waals surface area contributed by atoms with Crippen LogP contribution < -0.4 is 0 Å². The second-order valence-corrected chi connectivity index (χ2v) is 2.23. The molecule has 1 aliphatic rings. The maximum atomic E-state index is 10.7. The summed E-state index contributed by atoms with van der Waals surface area (Å²) in [6, 6.07) is 0. The lowest BCUT2D eigenvalue weighted by Gasteiger charge is -2.04. The monoisotopic (exact) mass is 146 g/mol. The van der Waals surface area contributed by atoms with E-state index in [2.05, 4.69) is 4.74 Å². The van der Waals surface area contributed by atoms with Crippen molar-refractivity contribution in [3.8, 4) is 0 Å². The summed E-state index contributed by atoms with van der Waals surface area (Å²) in [6.45, 7) is 0.236. The van der Waals surface area contributed by atoms with Gasteiger partial charge in [-0.25, -0.2) is 4.79 Å². The first-order chi connectivity index (χ1) is 4.74. The van der Waals surface area contributed by atoms with Crippen molar-refractivity contribution in [1.29, 1.82) is 0 Å². The minimum absolute atomic E-state index is 0.236. The molecule has 0 radical (unpaired) electrons. The largest absolute Gasteiger partial charge is 0.467 e. The Balaban J connectivity index is 2.37. The Morgan fingerprint density at radius 2 is 2.50 bits per heavy atom. The van der Waals surface area contributed by atoms with Gasteiger partial charge in [0.05, 0.1) is 19.8 Å². The quantitative estimate of drug-likeness (QED) is 0.497. The molecule has 1 saturated heterocycles.